The topological polar surface area (TPSA) is 52.6 Å². The van der Waals surface area contributed by atoms with Gasteiger partial charge in [-0.25, -0.2) is 4.79 Å². The molecule has 1 aromatic carbocycles. The molecule has 0 atom stereocenters. The van der Waals surface area contributed by atoms with E-state index in [2.05, 4.69) is 15.9 Å². The zero-order valence-electron chi connectivity index (χ0n) is 10.4. The number of carbonyl (C=O) groups is 2. The first-order valence-electron chi connectivity index (χ1n) is 5.54. The molecule has 4 nitrogen and oxygen atoms in total. The van der Waals surface area contributed by atoms with Gasteiger partial charge in [0.2, 0.25) is 0 Å². The molecule has 1 aromatic rings. The van der Waals surface area contributed by atoms with Gasteiger partial charge in [-0.1, -0.05) is 22.0 Å². The van der Waals surface area contributed by atoms with Gasteiger partial charge in [0.1, 0.15) is 17.1 Å². The third-order valence-corrected chi connectivity index (χ3v) is 2.93. The fourth-order valence-corrected chi connectivity index (χ4v) is 1.71. The highest BCUT2D eigenvalue weighted by molar-refractivity contribution is 9.09. The van der Waals surface area contributed by atoms with E-state index in [1.807, 2.05) is 0 Å². The Hall–Kier alpha value is -1.36. The number of carbonyl (C=O) groups excluding carboxylic acids is 2. The molecule has 0 aromatic heterocycles. The Morgan fingerprint density at radius 3 is 2.61 bits per heavy atom. The van der Waals surface area contributed by atoms with Gasteiger partial charge in [0.05, 0.1) is 19.0 Å². The summed E-state index contributed by atoms with van der Waals surface area (Å²) in [5, 5.41) is 0.299. The van der Waals surface area contributed by atoms with Crippen LogP contribution in [0.3, 0.4) is 0 Å². The van der Waals surface area contributed by atoms with Crippen molar-refractivity contribution in [3.8, 4) is 5.75 Å². The lowest BCUT2D eigenvalue weighted by atomic mass is 10.1. The second-order valence-electron chi connectivity index (χ2n) is 3.60. The molecule has 0 fully saturated rings. The molecular formula is C13H15BrO4. The highest BCUT2D eigenvalue weighted by atomic mass is 79.9. The van der Waals surface area contributed by atoms with E-state index in [1.165, 1.54) is 7.11 Å². The Kier molecular flexibility index (Phi) is 5.85. The summed E-state index contributed by atoms with van der Waals surface area (Å²) >= 11 is 3.11. The molecule has 0 unspecified atom stereocenters. The fraction of sp³-hybridized carbons (Fsp3) is 0.385. The molecule has 0 saturated carbocycles. The van der Waals surface area contributed by atoms with Gasteiger partial charge < -0.3 is 9.47 Å². The van der Waals surface area contributed by atoms with Gasteiger partial charge in [0.25, 0.3) is 0 Å². The summed E-state index contributed by atoms with van der Waals surface area (Å²) in [7, 11) is 1.49. The molecule has 0 spiro atoms. The van der Waals surface area contributed by atoms with Crippen LogP contribution in [0, 0.1) is 0 Å². The van der Waals surface area contributed by atoms with Crippen molar-refractivity contribution >= 4 is 27.7 Å². The summed E-state index contributed by atoms with van der Waals surface area (Å²) in [4.78, 5) is 23.1. The number of alkyl halides is 1. The molecule has 98 valence electrons. The lowest BCUT2D eigenvalue weighted by Gasteiger charge is -2.09. The zero-order valence-corrected chi connectivity index (χ0v) is 12.0. The van der Waals surface area contributed by atoms with E-state index in [4.69, 9.17) is 9.47 Å². The zero-order chi connectivity index (χ0) is 13.5. The van der Waals surface area contributed by atoms with E-state index in [0.717, 1.165) is 5.56 Å². The van der Waals surface area contributed by atoms with Crippen molar-refractivity contribution in [2.45, 2.75) is 13.3 Å². The van der Waals surface area contributed by atoms with Crippen molar-refractivity contribution in [2.24, 2.45) is 0 Å². The first-order chi connectivity index (χ1) is 8.62. The minimum Gasteiger partial charge on any atom is -0.496 e. The van der Waals surface area contributed by atoms with E-state index >= 15 is 0 Å². The quantitative estimate of drug-likeness (QED) is 0.597. The number of benzene rings is 1. The number of methoxy groups -OCH3 is 1. The van der Waals surface area contributed by atoms with Gasteiger partial charge in [0, 0.05) is 6.42 Å². The van der Waals surface area contributed by atoms with Gasteiger partial charge in [-0.05, 0) is 24.6 Å². The molecule has 1 rings (SSSR count). The van der Waals surface area contributed by atoms with Gasteiger partial charge >= 0.3 is 5.97 Å². The first-order valence-corrected chi connectivity index (χ1v) is 6.66. The molecule has 0 saturated heterocycles. The van der Waals surface area contributed by atoms with Crippen LogP contribution in [0.1, 0.15) is 22.8 Å². The summed E-state index contributed by atoms with van der Waals surface area (Å²) in [6.45, 7) is 2.04. The SMILES string of the molecule is CCOC(=O)c1cc(CC(=O)CBr)ccc1OC. The van der Waals surface area contributed by atoms with E-state index in [0.29, 0.717) is 23.2 Å². The number of ketones is 1. The number of hydrogen-bond acceptors (Lipinski definition) is 4. The van der Waals surface area contributed by atoms with Gasteiger partial charge in [0.15, 0.2) is 0 Å². The molecule has 0 aliphatic rings. The summed E-state index contributed by atoms with van der Waals surface area (Å²) in [6, 6.07) is 5.07. The monoisotopic (exact) mass is 314 g/mol. The number of hydrogen-bond donors (Lipinski definition) is 0. The third kappa shape index (κ3) is 3.84. The number of ether oxygens (including phenoxy) is 2. The van der Waals surface area contributed by atoms with Crippen LogP contribution in [0.15, 0.2) is 18.2 Å². The number of Topliss-reactive ketones (excluding diaryl/α,β-unsaturated/α-hetero) is 1. The molecular weight excluding hydrogens is 300 g/mol. The summed E-state index contributed by atoms with van der Waals surface area (Å²) in [6.07, 6.45) is 0.279. The van der Waals surface area contributed by atoms with E-state index < -0.39 is 5.97 Å². The lowest BCUT2D eigenvalue weighted by Crippen LogP contribution is -2.09. The Morgan fingerprint density at radius 1 is 1.33 bits per heavy atom. The predicted molar refractivity (Wildman–Crippen MR) is 71.5 cm³/mol. The van der Waals surface area contributed by atoms with Crippen LogP contribution in [0.25, 0.3) is 0 Å². The molecule has 0 bridgehead atoms. The minimum atomic E-state index is -0.442. The van der Waals surface area contributed by atoms with Crippen molar-refractivity contribution in [3.05, 3.63) is 29.3 Å². The normalized spacial score (nSPS) is 9.94. The number of halogens is 1. The Balaban J connectivity index is 3.01. The summed E-state index contributed by atoms with van der Waals surface area (Å²) in [5.74, 6) is 0.0564. The molecule has 0 heterocycles. The van der Waals surface area contributed by atoms with Gasteiger partial charge in [-0.3, -0.25) is 4.79 Å². The minimum absolute atomic E-state index is 0.0509. The van der Waals surface area contributed by atoms with E-state index in [9.17, 15) is 9.59 Å². The largest absolute Gasteiger partial charge is 0.496 e. The third-order valence-electron chi connectivity index (χ3n) is 2.31. The van der Waals surface area contributed by atoms with Crippen LogP contribution < -0.4 is 4.74 Å². The maximum absolute atomic E-state index is 11.7. The molecule has 0 aliphatic carbocycles. The van der Waals surface area contributed by atoms with Gasteiger partial charge in [-0.15, -0.1) is 0 Å². The van der Waals surface area contributed by atoms with Crippen molar-refractivity contribution in [2.75, 3.05) is 19.0 Å². The van der Waals surface area contributed by atoms with Crippen molar-refractivity contribution in [1.29, 1.82) is 0 Å². The Morgan fingerprint density at radius 2 is 2.06 bits per heavy atom. The first kappa shape index (κ1) is 14.7. The number of esters is 1. The maximum Gasteiger partial charge on any atom is 0.341 e. The number of rotatable bonds is 6. The Labute approximate surface area is 114 Å². The van der Waals surface area contributed by atoms with Crippen LogP contribution in [-0.2, 0) is 16.0 Å². The van der Waals surface area contributed by atoms with Crippen LogP contribution in [0.4, 0.5) is 0 Å². The molecule has 0 amide bonds. The van der Waals surface area contributed by atoms with E-state index in [-0.39, 0.29) is 12.2 Å². The summed E-state index contributed by atoms with van der Waals surface area (Å²) in [5.41, 5.74) is 1.11. The highest BCUT2D eigenvalue weighted by Gasteiger charge is 2.15. The standard InChI is InChI=1S/C13H15BrO4/c1-3-18-13(16)11-7-9(6-10(15)8-14)4-5-12(11)17-2/h4-5,7H,3,6,8H2,1-2H3. The van der Waals surface area contributed by atoms with Crippen molar-refractivity contribution < 1.29 is 19.1 Å². The molecule has 18 heavy (non-hydrogen) atoms. The van der Waals surface area contributed by atoms with Gasteiger partial charge in [-0.2, -0.15) is 0 Å². The van der Waals surface area contributed by atoms with Crippen LogP contribution in [-0.4, -0.2) is 30.8 Å². The van der Waals surface area contributed by atoms with Crippen LogP contribution in [0.2, 0.25) is 0 Å². The summed E-state index contributed by atoms with van der Waals surface area (Å²) < 4.78 is 10.0. The predicted octanol–water partition coefficient (Wildman–Crippen LogP) is 2.38. The van der Waals surface area contributed by atoms with Crippen molar-refractivity contribution in [1.82, 2.24) is 0 Å². The molecule has 0 aliphatic heterocycles. The maximum atomic E-state index is 11.7. The van der Waals surface area contributed by atoms with E-state index in [1.54, 1.807) is 25.1 Å². The smallest absolute Gasteiger partial charge is 0.341 e. The van der Waals surface area contributed by atoms with Crippen LogP contribution >= 0.6 is 15.9 Å². The average molecular weight is 315 g/mol. The highest BCUT2D eigenvalue weighted by Crippen LogP contribution is 2.21. The lowest BCUT2D eigenvalue weighted by molar-refractivity contribution is -0.115. The van der Waals surface area contributed by atoms with Crippen molar-refractivity contribution in [3.63, 3.8) is 0 Å². The second kappa shape index (κ2) is 7.16. The Bertz CT molecular complexity index is 443. The second-order valence-corrected chi connectivity index (χ2v) is 4.16. The molecule has 0 N–H and O–H groups in total. The van der Waals surface area contributed by atoms with Crippen LogP contribution in [0.5, 0.6) is 5.75 Å². The average Bonchev–Trinajstić information content (AvgIpc) is 2.38. The fourth-order valence-electron chi connectivity index (χ4n) is 1.51. The molecule has 0 radical (unpaired) electrons. The molecule has 5 heteroatoms.